The molecule has 29 heavy (non-hydrogen) atoms. The first kappa shape index (κ1) is 20.2. The van der Waals surface area contributed by atoms with Crippen molar-refractivity contribution in [2.45, 2.75) is 0 Å². The van der Waals surface area contributed by atoms with Crippen molar-refractivity contribution in [3.63, 3.8) is 0 Å². The molecule has 8 heteroatoms. The number of hydrogen-bond donors (Lipinski definition) is 0. The second kappa shape index (κ2) is 9.09. The fourth-order valence-corrected chi connectivity index (χ4v) is 3.02. The molecule has 1 aliphatic heterocycles. The molecular formula is C21H21N2O6-. The number of ether oxygens (including phenoxy) is 2. The third-order valence-corrected chi connectivity index (χ3v) is 4.69. The van der Waals surface area contributed by atoms with Gasteiger partial charge in [-0.05, 0) is 29.8 Å². The zero-order valence-corrected chi connectivity index (χ0v) is 16.0. The van der Waals surface area contributed by atoms with Gasteiger partial charge in [0.25, 0.3) is 11.8 Å². The molecule has 2 amide bonds. The summed E-state index contributed by atoms with van der Waals surface area (Å²) < 4.78 is 10.7. The van der Waals surface area contributed by atoms with Crippen LogP contribution in [0.15, 0.2) is 48.5 Å². The Labute approximate surface area is 168 Å². The van der Waals surface area contributed by atoms with Crippen LogP contribution in [0.3, 0.4) is 0 Å². The van der Waals surface area contributed by atoms with Crippen LogP contribution in [0.5, 0.6) is 11.5 Å². The number of nitrogens with zero attached hydrogens (tertiary/aromatic N) is 2. The average molecular weight is 397 g/mol. The number of aromatic carboxylic acids is 1. The summed E-state index contributed by atoms with van der Waals surface area (Å²) in [5, 5.41) is 10.8. The number of rotatable bonds is 6. The SMILES string of the molecule is COc1cccc(OCC(=O)N2CCN(C(=O)c3ccc(C(=O)[O-])cc3)CC2)c1. The highest BCUT2D eigenvalue weighted by atomic mass is 16.5. The number of carboxylic acid groups (broad SMARTS) is 1. The Morgan fingerprint density at radius 3 is 2.10 bits per heavy atom. The summed E-state index contributed by atoms with van der Waals surface area (Å²) in [4.78, 5) is 39.0. The predicted octanol–water partition coefficient (Wildman–Crippen LogP) is 0.422. The van der Waals surface area contributed by atoms with E-state index in [0.29, 0.717) is 43.2 Å². The molecule has 3 rings (SSSR count). The molecule has 2 aromatic rings. The van der Waals surface area contributed by atoms with Crippen molar-refractivity contribution < 1.29 is 29.0 Å². The number of piperazine rings is 1. The van der Waals surface area contributed by atoms with E-state index in [1.54, 1.807) is 41.2 Å². The summed E-state index contributed by atoms with van der Waals surface area (Å²) in [7, 11) is 1.56. The van der Waals surface area contributed by atoms with Gasteiger partial charge in [-0.3, -0.25) is 9.59 Å². The topological polar surface area (TPSA) is 99.2 Å². The molecule has 0 saturated carbocycles. The van der Waals surface area contributed by atoms with E-state index in [1.165, 1.54) is 24.3 Å². The maximum absolute atomic E-state index is 12.6. The van der Waals surface area contributed by atoms with E-state index in [0.717, 1.165) is 0 Å². The maximum atomic E-state index is 12.6. The highest BCUT2D eigenvalue weighted by Crippen LogP contribution is 2.19. The lowest BCUT2D eigenvalue weighted by molar-refractivity contribution is -0.255. The first-order chi connectivity index (χ1) is 14.0. The molecule has 0 aromatic heterocycles. The van der Waals surface area contributed by atoms with Gasteiger partial charge in [0.15, 0.2) is 6.61 Å². The summed E-state index contributed by atoms with van der Waals surface area (Å²) in [5.74, 6) is -0.443. The molecule has 0 unspecified atom stereocenters. The zero-order valence-electron chi connectivity index (χ0n) is 16.0. The molecule has 0 spiro atoms. The molecule has 8 nitrogen and oxygen atoms in total. The van der Waals surface area contributed by atoms with Gasteiger partial charge in [0.2, 0.25) is 0 Å². The number of hydrogen-bond acceptors (Lipinski definition) is 6. The Bertz CT molecular complexity index is 888. The first-order valence-corrected chi connectivity index (χ1v) is 9.13. The smallest absolute Gasteiger partial charge is 0.260 e. The largest absolute Gasteiger partial charge is 0.545 e. The summed E-state index contributed by atoms with van der Waals surface area (Å²) in [6.45, 7) is 1.51. The normalized spacial score (nSPS) is 13.7. The van der Waals surface area contributed by atoms with E-state index in [2.05, 4.69) is 0 Å². The Kier molecular flexibility index (Phi) is 6.33. The molecule has 1 heterocycles. The molecule has 1 fully saturated rings. The van der Waals surface area contributed by atoms with Gasteiger partial charge >= 0.3 is 0 Å². The van der Waals surface area contributed by atoms with Crippen LogP contribution in [0.1, 0.15) is 20.7 Å². The van der Waals surface area contributed by atoms with Crippen LogP contribution in [-0.4, -0.2) is 67.5 Å². The van der Waals surface area contributed by atoms with Crippen molar-refractivity contribution in [1.29, 1.82) is 0 Å². The summed E-state index contributed by atoms with van der Waals surface area (Å²) in [5.41, 5.74) is 0.420. The van der Waals surface area contributed by atoms with Crippen LogP contribution in [-0.2, 0) is 4.79 Å². The second-order valence-corrected chi connectivity index (χ2v) is 6.51. The number of benzene rings is 2. The zero-order chi connectivity index (χ0) is 20.8. The lowest BCUT2D eigenvalue weighted by Gasteiger charge is -2.34. The molecule has 0 radical (unpaired) electrons. The van der Waals surface area contributed by atoms with Gasteiger partial charge in [-0.25, -0.2) is 0 Å². The summed E-state index contributed by atoms with van der Waals surface area (Å²) in [6.07, 6.45) is 0. The number of carbonyl (C=O) groups is 3. The van der Waals surface area contributed by atoms with Crippen LogP contribution < -0.4 is 14.6 Å². The van der Waals surface area contributed by atoms with Crippen molar-refractivity contribution in [2.75, 3.05) is 39.9 Å². The van der Waals surface area contributed by atoms with Crippen molar-refractivity contribution in [1.82, 2.24) is 9.80 Å². The van der Waals surface area contributed by atoms with E-state index in [4.69, 9.17) is 9.47 Å². The van der Waals surface area contributed by atoms with Crippen LogP contribution in [0, 0.1) is 0 Å². The van der Waals surface area contributed by atoms with Gasteiger partial charge in [0.05, 0.1) is 13.1 Å². The minimum atomic E-state index is -1.28. The van der Waals surface area contributed by atoms with Gasteiger partial charge in [-0.2, -0.15) is 0 Å². The summed E-state index contributed by atoms with van der Waals surface area (Å²) in [6, 6.07) is 12.6. The molecular weight excluding hydrogens is 376 g/mol. The molecule has 0 N–H and O–H groups in total. The quantitative estimate of drug-likeness (QED) is 0.701. The van der Waals surface area contributed by atoms with E-state index >= 15 is 0 Å². The first-order valence-electron chi connectivity index (χ1n) is 9.13. The summed E-state index contributed by atoms with van der Waals surface area (Å²) >= 11 is 0. The standard InChI is InChI=1S/C21H22N2O6/c1-28-17-3-2-4-18(13-17)29-14-19(24)22-9-11-23(12-10-22)20(25)15-5-7-16(8-6-15)21(26)27/h2-8,13H,9-12,14H2,1H3,(H,26,27)/p-1. The number of amides is 2. The minimum Gasteiger partial charge on any atom is -0.545 e. The van der Waals surface area contributed by atoms with Gasteiger partial charge in [-0.1, -0.05) is 18.2 Å². The van der Waals surface area contributed by atoms with E-state index in [-0.39, 0.29) is 24.0 Å². The number of methoxy groups -OCH3 is 1. The van der Waals surface area contributed by atoms with Crippen molar-refractivity contribution in [3.8, 4) is 11.5 Å². The average Bonchev–Trinajstić information content (AvgIpc) is 2.77. The van der Waals surface area contributed by atoms with Crippen molar-refractivity contribution >= 4 is 17.8 Å². The van der Waals surface area contributed by atoms with E-state index in [1.807, 2.05) is 0 Å². The van der Waals surface area contributed by atoms with Crippen LogP contribution in [0.25, 0.3) is 0 Å². The Balaban J connectivity index is 1.49. The molecule has 0 aliphatic carbocycles. The second-order valence-electron chi connectivity index (χ2n) is 6.51. The fourth-order valence-electron chi connectivity index (χ4n) is 3.02. The van der Waals surface area contributed by atoms with Crippen molar-refractivity contribution in [2.24, 2.45) is 0 Å². The van der Waals surface area contributed by atoms with Crippen LogP contribution >= 0.6 is 0 Å². The maximum Gasteiger partial charge on any atom is 0.260 e. The van der Waals surface area contributed by atoms with Gasteiger partial charge in [-0.15, -0.1) is 0 Å². The minimum absolute atomic E-state index is 0.0213. The Morgan fingerprint density at radius 1 is 0.897 bits per heavy atom. The molecule has 1 aliphatic rings. The van der Waals surface area contributed by atoms with Crippen LogP contribution in [0.2, 0.25) is 0 Å². The third kappa shape index (κ3) is 5.04. The van der Waals surface area contributed by atoms with E-state index < -0.39 is 5.97 Å². The van der Waals surface area contributed by atoms with Gasteiger partial charge in [0.1, 0.15) is 11.5 Å². The van der Waals surface area contributed by atoms with Crippen molar-refractivity contribution in [3.05, 3.63) is 59.7 Å². The molecule has 0 bridgehead atoms. The lowest BCUT2D eigenvalue weighted by Crippen LogP contribution is -2.51. The molecule has 1 saturated heterocycles. The predicted molar refractivity (Wildman–Crippen MR) is 102 cm³/mol. The Morgan fingerprint density at radius 2 is 1.48 bits per heavy atom. The van der Waals surface area contributed by atoms with E-state index in [9.17, 15) is 19.5 Å². The van der Waals surface area contributed by atoms with Crippen LogP contribution in [0.4, 0.5) is 0 Å². The Hall–Kier alpha value is -3.55. The van der Waals surface area contributed by atoms with Gasteiger partial charge in [0, 0.05) is 37.8 Å². The monoisotopic (exact) mass is 397 g/mol. The molecule has 0 atom stereocenters. The highest BCUT2D eigenvalue weighted by molar-refractivity contribution is 5.95. The fraction of sp³-hybridized carbons (Fsp3) is 0.286. The number of carboxylic acids is 1. The highest BCUT2D eigenvalue weighted by Gasteiger charge is 2.25. The third-order valence-electron chi connectivity index (χ3n) is 4.69. The number of carbonyl (C=O) groups excluding carboxylic acids is 3. The lowest BCUT2D eigenvalue weighted by atomic mass is 10.1. The van der Waals surface area contributed by atoms with Gasteiger partial charge < -0.3 is 29.2 Å². The molecule has 152 valence electrons. The molecule has 2 aromatic carbocycles.